The highest BCUT2D eigenvalue weighted by molar-refractivity contribution is 7.89. The first-order valence-electron chi connectivity index (χ1n) is 7.30. The maximum absolute atomic E-state index is 12.5. The van der Waals surface area contributed by atoms with Crippen molar-refractivity contribution < 1.29 is 13.2 Å². The van der Waals surface area contributed by atoms with Gasteiger partial charge in [0.25, 0.3) is 0 Å². The third-order valence-corrected chi connectivity index (χ3v) is 5.86. The zero-order chi connectivity index (χ0) is 17.9. The quantitative estimate of drug-likeness (QED) is 0.883. The summed E-state index contributed by atoms with van der Waals surface area (Å²) in [6.45, 7) is 3.49. The van der Waals surface area contributed by atoms with Crippen LogP contribution in [0.3, 0.4) is 0 Å². The lowest BCUT2D eigenvalue weighted by molar-refractivity contribution is -0.116. The second kappa shape index (κ2) is 7.34. The molecule has 0 atom stereocenters. The molecule has 0 bridgehead atoms. The second-order valence-electron chi connectivity index (χ2n) is 5.56. The Bertz CT molecular complexity index is 866. The van der Waals surface area contributed by atoms with Crippen molar-refractivity contribution in [1.82, 2.24) is 4.31 Å². The van der Waals surface area contributed by atoms with Gasteiger partial charge in [-0.3, -0.25) is 4.79 Å². The van der Waals surface area contributed by atoms with Crippen LogP contribution < -0.4 is 5.32 Å². The molecule has 0 heterocycles. The maximum Gasteiger partial charge on any atom is 0.244 e. The minimum atomic E-state index is -3.83. The van der Waals surface area contributed by atoms with Crippen molar-refractivity contribution in [3.63, 3.8) is 0 Å². The number of likely N-dealkylation sites (N-methyl/N-ethyl adjacent to an activating group) is 1. The van der Waals surface area contributed by atoms with Crippen molar-refractivity contribution in [3.05, 3.63) is 58.6 Å². The fourth-order valence-corrected chi connectivity index (χ4v) is 3.79. The number of halogens is 1. The zero-order valence-electron chi connectivity index (χ0n) is 13.7. The molecular weight excluding hydrogens is 348 g/mol. The number of hydrogen-bond acceptors (Lipinski definition) is 3. The highest BCUT2D eigenvalue weighted by Crippen LogP contribution is 2.23. The number of nitrogens with one attached hydrogen (secondary N) is 1. The molecule has 0 unspecified atom stereocenters. The molecule has 2 aromatic carbocycles. The molecule has 0 saturated carbocycles. The van der Waals surface area contributed by atoms with Gasteiger partial charge >= 0.3 is 0 Å². The van der Waals surface area contributed by atoms with Gasteiger partial charge in [-0.2, -0.15) is 4.31 Å². The third kappa shape index (κ3) is 4.14. The summed E-state index contributed by atoms with van der Waals surface area (Å²) in [5, 5.41) is 2.87. The van der Waals surface area contributed by atoms with E-state index in [9.17, 15) is 13.2 Å². The van der Waals surface area contributed by atoms with Crippen LogP contribution in [0.5, 0.6) is 0 Å². The summed E-state index contributed by atoms with van der Waals surface area (Å²) >= 11 is 5.95. The van der Waals surface area contributed by atoms with Crippen LogP contribution >= 0.6 is 11.6 Å². The van der Waals surface area contributed by atoms with E-state index < -0.39 is 15.9 Å². The molecule has 0 spiro atoms. The van der Waals surface area contributed by atoms with Crippen LogP contribution in [-0.2, 0) is 14.8 Å². The molecule has 7 heteroatoms. The van der Waals surface area contributed by atoms with Gasteiger partial charge in [-0.1, -0.05) is 35.9 Å². The number of amides is 1. The Hall–Kier alpha value is -1.89. The second-order valence-corrected chi connectivity index (χ2v) is 7.98. The van der Waals surface area contributed by atoms with Gasteiger partial charge in [0.2, 0.25) is 15.9 Å². The van der Waals surface area contributed by atoms with E-state index in [1.165, 1.54) is 19.2 Å². The highest BCUT2D eigenvalue weighted by Gasteiger charge is 2.25. The normalized spacial score (nSPS) is 11.5. The molecule has 0 radical (unpaired) electrons. The summed E-state index contributed by atoms with van der Waals surface area (Å²) < 4.78 is 26.0. The third-order valence-electron chi connectivity index (χ3n) is 3.56. The van der Waals surface area contributed by atoms with Crippen LogP contribution in [0.1, 0.15) is 11.1 Å². The molecule has 2 rings (SSSR count). The lowest BCUT2D eigenvalue weighted by Gasteiger charge is -2.18. The molecule has 0 aromatic heterocycles. The topological polar surface area (TPSA) is 66.5 Å². The number of benzene rings is 2. The first-order chi connectivity index (χ1) is 11.2. The minimum Gasteiger partial charge on any atom is -0.325 e. The number of carbonyl (C=O) groups is 1. The van der Waals surface area contributed by atoms with Crippen LogP contribution in [0.4, 0.5) is 5.69 Å². The summed E-state index contributed by atoms with van der Waals surface area (Å²) in [6, 6.07) is 11.8. The molecule has 128 valence electrons. The lowest BCUT2D eigenvalue weighted by Crippen LogP contribution is -2.35. The lowest BCUT2D eigenvalue weighted by atomic mass is 10.1. The summed E-state index contributed by atoms with van der Waals surface area (Å²) in [5.74, 6) is -0.415. The van der Waals surface area contributed by atoms with E-state index in [0.29, 0.717) is 5.69 Å². The predicted octanol–water partition coefficient (Wildman–Crippen LogP) is 3.22. The molecule has 0 aliphatic carbocycles. The molecule has 2 aromatic rings. The average molecular weight is 367 g/mol. The molecule has 0 aliphatic heterocycles. The van der Waals surface area contributed by atoms with Gasteiger partial charge < -0.3 is 5.32 Å². The van der Waals surface area contributed by atoms with Crippen molar-refractivity contribution in [2.24, 2.45) is 0 Å². The smallest absolute Gasteiger partial charge is 0.244 e. The Labute approximate surface area is 147 Å². The average Bonchev–Trinajstić information content (AvgIpc) is 2.51. The Morgan fingerprint density at radius 1 is 1.17 bits per heavy atom. The van der Waals surface area contributed by atoms with E-state index in [0.717, 1.165) is 15.4 Å². The van der Waals surface area contributed by atoms with Crippen molar-refractivity contribution in [2.45, 2.75) is 18.7 Å². The Balaban J connectivity index is 2.14. The minimum absolute atomic E-state index is 0.0197. The number of carbonyl (C=O) groups excluding carboxylic acids is 1. The van der Waals surface area contributed by atoms with Gasteiger partial charge in [0.15, 0.2) is 0 Å². The summed E-state index contributed by atoms with van der Waals surface area (Å²) in [4.78, 5) is 12.2. The number of aryl methyl sites for hydroxylation is 2. The number of hydrogen-bond donors (Lipinski definition) is 1. The van der Waals surface area contributed by atoms with E-state index in [1.807, 2.05) is 32.0 Å². The van der Waals surface area contributed by atoms with Crippen LogP contribution in [0.15, 0.2) is 47.4 Å². The van der Waals surface area contributed by atoms with Gasteiger partial charge in [-0.25, -0.2) is 8.42 Å². The molecule has 1 N–H and O–H groups in total. The molecule has 0 aliphatic rings. The van der Waals surface area contributed by atoms with Crippen LogP contribution in [0.25, 0.3) is 0 Å². The Morgan fingerprint density at radius 2 is 1.83 bits per heavy atom. The molecule has 24 heavy (non-hydrogen) atoms. The monoisotopic (exact) mass is 366 g/mol. The highest BCUT2D eigenvalue weighted by atomic mass is 35.5. The fourth-order valence-electron chi connectivity index (χ4n) is 2.17. The molecular formula is C17H19ClN2O3S. The predicted molar refractivity (Wildman–Crippen MR) is 95.8 cm³/mol. The molecule has 0 fully saturated rings. The number of sulfonamides is 1. The van der Waals surface area contributed by atoms with Gasteiger partial charge in [0.05, 0.1) is 11.6 Å². The summed E-state index contributed by atoms with van der Waals surface area (Å²) in [5.41, 5.74) is 2.59. The van der Waals surface area contributed by atoms with Crippen LogP contribution in [0, 0.1) is 13.8 Å². The number of anilines is 1. The Morgan fingerprint density at radius 3 is 2.50 bits per heavy atom. The first-order valence-corrected chi connectivity index (χ1v) is 9.11. The fraction of sp³-hybridized carbons (Fsp3) is 0.235. The van der Waals surface area contributed by atoms with Crippen LogP contribution in [-0.4, -0.2) is 32.2 Å². The molecule has 5 nitrogen and oxygen atoms in total. The van der Waals surface area contributed by atoms with E-state index in [2.05, 4.69) is 5.32 Å². The van der Waals surface area contributed by atoms with E-state index >= 15 is 0 Å². The SMILES string of the molecule is Cc1ccc(C)c(NC(=O)CN(C)S(=O)(=O)c2ccccc2Cl)c1. The van der Waals surface area contributed by atoms with Crippen molar-refractivity contribution in [2.75, 3.05) is 18.9 Å². The standard InChI is InChI=1S/C17H19ClN2O3S/c1-12-8-9-13(2)15(10-12)19-17(21)11-20(3)24(22,23)16-7-5-4-6-14(16)18/h4-10H,11H2,1-3H3,(H,19,21). The van der Waals surface area contributed by atoms with Crippen molar-refractivity contribution in [1.29, 1.82) is 0 Å². The van der Waals surface area contributed by atoms with E-state index in [-0.39, 0.29) is 16.5 Å². The van der Waals surface area contributed by atoms with Gasteiger partial charge in [0, 0.05) is 12.7 Å². The molecule has 0 saturated heterocycles. The Kier molecular flexibility index (Phi) is 5.64. The van der Waals surface area contributed by atoms with Gasteiger partial charge in [-0.05, 0) is 43.2 Å². The van der Waals surface area contributed by atoms with Gasteiger partial charge in [-0.15, -0.1) is 0 Å². The van der Waals surface area contributed by atoms with E-state index in [4.69, 9.17) is 11.6 Å². The largest absolute Gasteiger partial charge is 0.325 e. The maximum atomic E-state index is 12.5. The number of rotatable bonds is 5. The van der Waals surface area contributed by atoms with Crippen molar-refractivity contribution in [3.8, 4) is 0 Å². The zero-order valence-corrected chi connectivity index (χ0v) is 15.3. The van der Waals surface area contributed by atoms with Gasteiger partial charge in [0.1, 0.15) is 4.90 Å². The number of nitrogens with zero attached hydrogens (tertiary/aromatic N) is 1. The van der Waals surface area contributed by atoms with E-state index in [1.54, 1.807) is 12.1 Å². The summed E-state index contributed by atoms with van der Waals surface area (Å²) in [6.07, 6.45) is 0. The summed E-state index contributed by atoms with van der Waals surface area (Å²) in [7, 11) is -2.49. The van der Waals surface area contributed by atoms with Crippen molar-refractivity contribution >= 4 is 33.2 Å². The van der Waals surface area contributed by atoms with Crippen LogP contribution in [0.2, 0.25) is 5.02 Å². The molecule has 1 amide bonds. The first kappa shape index (κ1) is 18.4.